The van der Waals surface area contributed by atoms with E-state index in [9.17, 15) is 4.79 Å². The molecule has 0 saturated heterocycles. The minimum absolute atomic E-state index is 0.849. The van der Waals surface area contributed by atoms with Crippen LogP contribution in [0.3, 0.4) is 0 Å². The fraction of sp³-hybridized carbons (Fsp3) is 0.667. The lowest BCUT2D eigenvalue weighted by Gasteiger charge is -2.23. The van der Waals surface area contributed by atoms with Crippen LogP contribution in [0.5, 0.6) is 0 Å². The van der Waals surface area contributed by atoms with E-state index in [-0.39, 0.29) is 0 Å². The predicted molar refractivity (Wildman–Crippen MR) is 48.9 cm³/mol. The minimum Gasteiger partial charge on any atom is -0.478 e. The summed E-state index contributed by atoms with van der Waals surface area (Å²) in [5, 5.41) is 8.28. The van der Waals surface area contributed by atoms with Crippen molar-refractivity contribution >= 4 is 5.97 Å². The lowest BCUT2D eigenvalue weighted by atomic mass is 10.2. The van der Waals surface area contributed by atoms with Crippen LogP contribution in [0, 0.1) is 0 Å². The molecule has 0 aliphatic heterocycles. The normalized spacial score (nSPS) is 12.2. The molecule has 70 valence electrons. The number of hydrogen-bond acceptors (Lipinski definition) is 1. The van der Waals surface area contributed by atoms with Crippen molar-refractivity contribution < 1.29 is 14.4 Å². The summed E-state index contributed by atoms with van der Waals surface area (Å²) in [6.07, 6.45) is 4.79. The molecule has 3 nitrogen and oxygen atoms in total. The standard InChI is InChI=1S/C9H17NO2/c1-10(2,3)8-6-4-5-7-9(11)12/h5,7H,4,6,8H2,1-3H3/p+1. The van der Waals surface area contributed by atoms with Gasteiger partial charge in [-0.15, -0.1) is 0 Å². The van der Waals surface area contributed by atoms with Crippen molar-refractivity contribution in [2.24, 2.45) is 0 Å². The zero-order valence-electron chi connectivity index (χ0n) is 8.08. The summed E-state index contributed by atoms with van der Waals surface area (Å²) in [6.45, 7) is 1.07. The molecule has 12 heavy (non-hydrogen) atoms. The third-order valence-corrected chi connectivity index (χ3v) is 1.46. The Morgan fingerprint density at radius 3 is 2.42 bits per heavy atom. The molecule has 0 unspecified atom stereocenters. The van der Waals surface area contributed by atoms with Gasteiger partial charge >= 0.3 is 5.97 Å². The van der Waals surface area contributed by atoms with Crippen LogP contribution in [-0.2, 0) is 4.79 Å². The van der Waals surface area contributed by atoms with Crippen LogP contribution >= 0.6 is 0 Å². The molecule has 0 radical (unpaired) electrons. The molecule has 0 aromatic carbocycles. The molecule has 0 heterocycles. The number of carbonyl (C=O) groups is 1. The average Bonchev–Trinajstić information content (AvgIpc) is 1.83. The van der Waals surface area contributed by atoms with Gasteiger partial charge in [0.1, 0.15) is 0 Å². The zero-order chi connectivity index (χ0) is 9.61. The molecule has 0 fully saturated rings. The number of carboxylic acids is 1. The van der Waals surface area contributed by atoms with Crippen LogP contribution < -0.4 is 0 Å². The van der Waals surface area contributed by atoms with Gasteiger partial charge in [-0.05, 0) is 6.42 Å². The maximum atomic E-state index is 10.1. The first-order valence-corrected chi connectivity index (χ1v) is 4.12. The Balaban J connectivity index is 3.40. The third kappa shape index (κ3) is 9.17. The SMILES string of the molecule is C[N+](C)(C)CCCC=CC(=O)O. The fourth-order valence-corrected chi connectivity index (χ4v) is 0.868. The maximum Gasteiger partial charge on any atom is 0.327 e. The number of carboxylic acid groups (broad SMARTS) is 1. The molecule has 0 aromatic heterocycles. The molecular formula is C9H18NO2+. The highest BCUT2D eigenvalue weighted by Gasteiger charge is 2.03. The number of hydrogen-bond donors (Lipinski definition) is 1. The second kappa shape index (κ2) is 4.93. The minimum atomic E-state index is -0.861. The summed E-state index contributed by atoms with van der Waals surface area (Å²) >= 11 is 0. The topological polar surface area (TPSA) is 37.3 Å². The summed E-state index contributed by atoms with van der Waals surface area (Å²) in [6, 6.07) is 0. The highest BCUT2D eigenvalue weighted by molar-refractivity contribution is 5.79. The van der Waals surface area contributed by atoms with Gasteiger partial charge in [-0.25, -0.2) is 4.79 Å². The van der Waals surface area contributed by atoms with Gasteiger partial charge in [-0.3, -0.25) is 0 Å². The van der Waals surface area contributed by atoms with Gasteiger partial charge in [0.05, 0.1) is 27.7 Å². The molecule has 0 atom stereocenters. The Morgan fingerprint density at radius 2 is 2.00 bits per heavy atom. The summed E-state index contributed by atoms with van der Waals surface area (Å²) in [5.41, 5.74) is 0. The lowest BCUT2D eigenvalue weighted by molar-refractivity contribution is -0.870. The molecule has 0 amide bonds. The van der Waals surface area contributed by atoms with Crippen molar-refractivity contribution in [3.05, 3.63) is 12.2 Å². The van der Waals surface area contributed by atoms with Crippen LogP contribution in [0.25, 0.3) is 0 Å². The molecule has 0 saturated carbocycles. The van der Waals surface area contributed by atoms with Gasteiger partial charge in [-0.2, -0.15) is 0 Å². The van der Waals surface area contributed by atoms with E-state index < -0.39 is 5.97 Å². The van der Waals surface area contributed by atoms with E-state index in [4.69, 9.17) is 5.11 Å². The van der Waals surface area contributed by atoms with Gasteiger partial charge in [0, 0.05) is 12.5 Å². The fourth-order valence-electron chi connectivity index (χ4n) is 0.868. The van der Waals surface area contributed by atoms with Gasteiger partial charge < -0.3 is 9.59 Å². The quantitative estimate of drug-likeness (QED) is 0.383. The van der Waals surface area contributed by atoms with E-state index in [1.807, 2.05) is 0 Å². The van der Waals surface area contributed by atoms with Crippen molar-refractivity contribution in [2.45, 2.75) is 12.8 Å². The van der Waals surface area contributed by atoms with Gasteiger partial charge in [0.15, 0.2) is 0 Å². The Kier molecular flexibility index (Phi) is 4.59. The lowest BCUT2D eigenvalue weighted by Crippen LogP contribution is -2.35. The first-order chi connectivity index (χ1) is 5.42. The Labute approximate surface area is 73.9 Å². The van der Waals surface area contributed by atoms with E-state index >= 15 is 0 Å². The van der Waals surface area contributed by atoms with Gasteiger partial charge in [-0.1, -0.05) is 6.08 Å². The average molecular weight is 172 g/mol. The molecule has 0 aromatic rings. The Hall–Kier alpha value is -0.830. The van der Waals surface area contributed by atoms with E-state index in [1.54, 1.807) is 6.08 Å². The summed E-state index contributed by atoms with van der Waals surface area (Å²) in [4.78, 5) is 10.1. The van der Waals surface area contributed by atoms with E-state index in [1.165, 1.54) is 6.08 Å². The summed E-state index contributed by atoms with van der Waals surface area (Å²) in [5.74, 6) is -0.861. The van der Waals surface area contributed by atoms with Crippen molar-refractivity contribution in [1.29, 1.82) is 0 Å². The van der Waals surface area contributed by atoms with E-state index in [2.05, 4.69) is 21.1 Å². The molecule has 0 aliphatic carbocycles. The third-order valence-electron chi connectivity index (χ3n) is 1.46. The second-order valence-electron chi connectivity index (χ2n) is 3.90. The summed E-state index contributed by atoms with van der Waals surface area (Å²) < 4.78 is 0.931. The number of unbranched alkanes of at least 4 members (excludes halogenated alkanes) is 1. The van der Waals surface area contributed by atoms with Gasteiger partial charge in [0.2, 0.25) is 0 Å². The van der Waals surface area contributed by atoms with E-state index in [0.717, 1.165) is 23.9 Å². The zero-order valence-corrected chi connectivity index (χ0v) is 8.08. The molecule has 1 N–H and O–H groups in total. The number of quaternary nitrogens is 1. The van der Waals surface area contributed by atoms with Crippen molar-refractivity contribution in [1.82, 2.24) is 0 Å². The van der Waals surface area contributed by atoms with Crippen LogP contribution in [0.1, 0.15) is 12.8 Å². The van der Waals surface area contributed by atoms with Crippen LogP contribution in [0.4, 0.5) is 0 Å². The maximum absolute atomic E-state index is 10.1. The largest absolute Gasteiger partial charge is 0.478 e. The summed E-state index contributed by atoms with van der Waals surface area (Å²) in [7, 11) is 6.38. The first kappa shape index (κ1) is 11.2. The van der Waals surface area contributed by atoms with Crippen molar-refractivity contribution in [3.63, 3.8) is 0 Å². The van der Waals surface area contributed by atoms with Crippen molar-refractivity contribution in [3.8, 4) is 0 Å². The van der Waals surface area contributed by atoms with Crippen LogP contribution in [-0.4, -0.2) is 43.2 Å². The monoisotopic (exact) mass is 172 g/mol. The molecule has 0 bridgehead atoms. The number of nitrogens with zero attached hydrogens (tertiary/aromatic N) is 1. The molecule has 3 heteroatoms. The molecule has 0 spiro atoms. The molecule has 0 rings (SSSR count). The Morgan fingerprint density at radius 1 is 1.42 bits per heavy atom. The predicted octanol–water partition coefficient (Wildman–Crippen LogP) is 1.11. The van der Waals surface area contributed by atoms with Gasteiger partial charge in [0.25, 0.3) is 0 Å². The number of allylic oxidation sites excluding steroid dienone is 1. The highest BCUT2D eigenvalue weighted by Crippen LogP contribution is 1.97. The number of rotatable bonds is 5. The second-order valence-corrected chi connectivity index (χ2v) is 3.90. The smallest absolute Gasteiger partial charge is 0.327 e. The molecular weight excluding hydrogens is 154 g/mol. The Bertz CT molecular complexity index is 168. The molecule has 0 aliphatic rings. The van der Waals surface area contributed by atoms with Crippen LogP contribution in [0.15, 0.2) is 12.2 Å². The van der Waals surface area contributed by atoms with Crippen LogP contribution in [0.2, 0.25) is 0 Å². The number of aliphatic carboxylic acids is 1. The highest BCUT2D eigenvalue weighted by atomic mass is 16.4. The van der Waals surface area contributed by atoms with E-state index in [0.29, 0.717) is 0 Å². The van der Waals surface area contributed by atoms with Crippen molar-refractivity contribution in [2.75, 3.05) is 27.7 Å². The first-order valence-electron chi connectivity index (χ1n) is 4.12.